The molecule has 1 aromatic carbocycles. The number of nitrogens with zero attached hydrogens (tertiary/aromatic N) is 1. The molecule has 0 aliphatic rings. The van der Waals surface area contributed by atoms with Crippen molar-refractivity contribution in [1.82, 2.24) is 4.31 Å². The zero-order valence-corrected chi connectivity index (χ0v) is 10.4. The van der Waals surface area contributed by atoms with Gasteiger partial charge in [-0.05, 0) is 13.0 Å². The fraction of sp³-hybridized carbons (Fsp3) is 0.400. The topological polar surface area (TPSA) is 72.6 Å². The zero-order valence-electron chi connectivity index (χ0n) is 9.54. The average molecular weight is 244 g/mol. The van der Waals surface area contributed by atoms with Crippen LogP contribution in [-0.2, 0) is 10.2 Å². The summed E-state index contributed by atoms with van der Waals surface area (Å²) in [6, 6.07) is 6.87. The number of hydrogen-bond donors (Lipinski definition) is 1. The molecule has 0 heterocycles. The molecule has 0 bridgehead atoms. The smallest absolute Gasteiger partial charge is 0.277 e. The van der Waals surface area contributed by atoms with Crippen molar-refractivity contribution in [3.8, 4) is 5.75 Å². The first kappa shape index (κ1) is 13.0. The molecule has 0 saturated carbocycles. The Morgan fingerprint density at radius 2 is 1.94 bits per heavy atom. The van der Waals surface area contributed by atoms with E-state index in [2.05, 4.69) is 0 Å². The molecule has 1 aromatic rings. The zero-order chi connectivity index (χ0) is 12.3. The number of hydrogen-bond acceptors (Lipinski definition) is 3. The molecule has 90 valence electrons. The van der Waals surface area contributed by atoms with E-state index in [-0.39, 0.29) is 6.04 Å². The van der Waals surface area contributed by atoms with E-state index < -0.39 is 10.2 Å². The molecule has 0 aliphatic carbocycles. The van der Waals surface area contributed by atoms with Crippen LogP contribution in [0.15, 0.2) is 24.3 Å². The second-order valence-electron chi connectivity index (χ2n) is 3.48. The van der Waals surface area contributed by atoms with E-state index in [0.717, 1.165) is 9.87 Å². The summed E-state index contributed by atoms with van der Waals surface area (Å²) >= 11 is 0. The normalized spacial score (nSPS) is 13.8. The lowest BCUT2D eigenvalue weighted by atomic mass is 10.1. The Hall–Kier alpha value is -1.11. The fourth-order valence-electron chi connectivity index (χ4n) is 1.43. The summed E-state index contributed by atoms with van der Waals surface area (Å²) in [5, 5.41) is 5.07. The van der Waals surface area contributed by atoms with Crippen LogP contribution >= 0.6 is 0 Å². The lowest BCUT2D eigenvalue weighted by Crippen LogP contribution is -2.35. The highest BCUT2D eigenvalue weighted by Crippen LogP contribution is 2.28. The maximum Gasteiger partial charge on any atom is 0.277 e. The van der Waals surface area contributed by atoms with Gasteiger partial charge in [0.05, 0.1) is 13.2 Å². The van der Waals surface area contributed by atoms with Gasteiger partial charge in [-0.3, -0.25) is 0 Å². The van der Waals surface area contributed by atoms with Crippen molar-refractivity contribution >= 4 is 10.2 Å². The largest absolute Gasteiger partial charge is 0.496 e. The maximum absolute atomic E-state index is 11.2. The van der Waals surface area contributed by atoms with E-state index in [1.807, 2.05) is 18.2 Å². The third-order valence-electron chi connectivity index (χ3n) is 2.54. The highest BCUT2D eigenvalue weighted by atomic mass is 32.2. The van der Waals surface area contributed by atoms with Crippen LogP contribution < -0.4 is 9.88 Å². The molecular formula is C10H16N2O3S. The van der Waals surface area contributed by atoms with E-state index in [1.165, 1.54) is 7.05 Å². The van der Waals surface area contributed by atoms with Crippen LogP contribution in [0, 0.1) is 0 Å². The second-order valence-corrected chi connectivity index (χ2v) is 5.08. The highest BCUT2D eigenvalue weighted by molar-refractivity contribution is 7.86. The van der Waals surface area contributed by atoms with Gasteiger partial charge >= 0.3 is 0 Å². The summed E-state index contributed by atoms with van der Waals surface area (Å²) < 4.78 is 28.7. The predicted octanol–water partition coefficient (Wildman–Crippen LogP) is 0.891. The standard InChI is InChI=1S/C10H16N2O3S/c1-8(12(2)16(11,13)14)9-6-4-5-7-10(9)15-3/h4-8H,1-3H3,(H2,11,13,14)/t8-/m0/s1. The monoisotopic (exact) mass is 244 g/mol. The molecular weight excluding hydrogens is 228 g/mol. The Morgan fingerprint density at radius 3 is 2.44 bits per heavy atom. The highest BCUT2D eigenvalue weighted by Gasteiger charge is 2.22. The number of nitrogens with two attached hydrogens (primary N) is 1. The van der Waals surface area contributed by atoms with Gasteiger partial charge in [0.1, 0.15) is 5.75 Å². The first-order valence-electron chi connectivity index (χ1n) is 4.76. The van der Waals surface area contributed by atoms with E-state index in [1.54, 1.807) is 20.1 Å². The average Bonchev–Trinajstić information content (AvgIpc) is 2.25. The van der Waals surface area contributed by atoms with Gasteiger partial charge in [-0.25, -0.2) is 5.14 Å². The third kappa shape index (κ3) is 2.72. The summed E-state index contributed by atoms with van der Waals surface area (Å²) in [6.45, 7) is 1.75. The van der Waals surface area contributed by atoms with Crippen LogP contribution in [0.5, 0.6) is 5.75 Å². The van der Waals surface area contributed by atoms with Crippen LogP contribution in [0.1, 0.15) is 18.5 Å². The Balaban J connectivity index is 3.10. The molecule has 0 spiro atoms. The molecule has 6 heteroatoms. The molecule has 0 amide bonds. The Morgan fingerprint density at radius 1 is 1.38 bits per heavy atom. The van der Waals surface area contributed by atoms with Gasteiger partial charge in [0.15, 0.2) is 0 Å². The Labute approximate surface area is 96.0 Å². The van der Waals surface area contributed by atoms with E-state index in [4.69, 9.17) is 9.88 Å². The minimum Gasteiger partial charge on any atom is -0.496 e. The summed E-state index contributed by atoms with van der Waals surface area (Å²) in [4.78, 5) is 0. The van der Waals surface area contributed by atoms with Gasteiger partial charge in [-0.15, -0.1) is 0 Å². The van der Waals surface area contributed by atoms with Crippen molar-refractivity contribution in [2.45, 2.75) is 13.0 Å². The summed E-state index contributed by atoms with van der Waals surface area (Å²) in [6.07, 6.45) is 0. The van der Waals surface area contributed by atoms with Gasteiger partial charge in [-0.1, -0.05) is 18.2 Å². The minimum atomic E-state index is -3.70. The summed E-state index contributed by atoms with van der Waals surface area (Å²) in [7, 11) is -0.716. The lowest BCUT2D eigenvalue weighted by Gasteiger charge is -2.23. The van der Waals surface area contributed by atoms with Crippen molar-refractivity contribution in [2.24, 2.45) is 5.14 Å². The Bertz CT molecular complexity index is 459. The summed E-state index contributed by atoms with van der Waals surface area (Å²) in [5.74, 6) is 0.644. The number of benzene rings is 1. The minimum absolute atomic E-state index is 0.369. The fourth-order valence-corrected chi connectivity index (χ4v) is 1.98. The molecule has 0 radical (unpaired) electrons. The molecule has 1 atom stereocenters. The van der Waals surface area contributed by atoms with E-state index >= 15 is 0 Å². The SMILES string of the molecule is COc1ccccc1[C@H](C)N(C)S(N)(=O)=O. The van der Waals surface area contributed by atoms with Crippen LogP contribution in [0.3, 0.4) is 0 Å². The van der Waals surface area contributed by atoms with Crippen LogP contribution in [0.25, 0.3) is 0 Å². The molecule has 16 heavy (non-hydrogen) atoms. The van der Waals surface area contributed by atoms with Gasteiger partial charge < -0.3 is 4.74 Å². The Kier molecular flexibility index (Phi) is 3.90. The quantitative estimate of drug-likeness (QED) is 0.855. The maximum atomic E-state index is 11.2. The molecule has 0 aromatic heterocycles. The molecule has 0 fully saturated rings. The number of methoxy groups -OCH3 is 1. The van der Waals surface area contributed by atoms with Crippen molar-refractivity contribution in [3.05, 3.63) is 29.8 Å². The van der Waals surface area contributed by atoms with Gasteiger partial charge in [0.2, 0.25) is 0 Å². The number of ether oxygens (including phenoxy) is 1. The summed E-state index contributed by atoms with van der Waals surface area (Å²) in [5.41, 5.74) is 0.779. The van der Waals surface area contributed by atoms with Gasteiger partial charge in [-0.2, -0.15) is 12.7 Å². The number of rotatable bonds is 4. The van der Waals surface area contributed by atoms with Crippen LogP contribution in [0.4, 0.5) is 0 Å². The molecule has 1 rings (SSSR count). The predicted molar refractivity (Wildman–Crippen MR) is 62.3 cm³/mol. The lowest BCUT2D eigenvalue weighted by molar-refractivity contribution is 0.367. The third-order valence-corrected chi connectivity index (χ3v) is 3.65. The molecule has 0 unspecified atom stereocenters. The first-order chi connectivity index (χ1) is 7.38. The van der Waals surface area contributed by atoms with Crippen molar-refractivity contribution in [1.29, 1.82) is 0 Å². The molecule has 5 nitrogen and oxygen atoms in total. The van der Waals surface area contributed by atoms with Crippen molar-refractivity contribution in [3.63, 3.8) is 0 Å². The molecule has 0 aliphatic heterocycles. The molecule has 2 N–H and O–H groups in total. The first-order valence-corrected chi connectivity index (χ1v) is 6.27. The van der Waals surface area contributed by atoms with Crippen molar-refractivity contribution < 1.29 is 13.2 Å². The van der Waals surface area contributed by atoms with Crippen molar-refractivity contribution in [2.75, 3.05) is 14.2 Å². The van der Waals surface area contributed by atoms with Gasteiger partial charge in [0.25, 0.3) is 10.2 Å². The molecule has 0 saturated heterocycles. The van der Waals surface area contributed by atoms with E-state index in [0.29, 0.717) is 5.75 Å². The van der Waals surface area contributed by atoms with E-state index in [9.17, 15) is 8.42 Å². The second kappa shape index (κ2) is 4.82. The van der Waals surface area contributed by atoms with Crippen LogP contribution in [0.2, 0.25) is 0 Å². The number of para-hydroxylation sites is 1. The van der Waals surface area contributed by atoms with Gasteiger partial charge in [0, 0.05) is 12.6 Å². The van der Waals surface area contributed by atoms with Crippen LogP contribution in [-0.4, -0.2) is 26.9 Å².